The number of hydrogen-bond donors (Lipinski definition) is 1. The van der Waals surface area contributed by atoms with Crippen LogP contribution in [0.2, 0.25) is 0 Å². The predicted octanol–water partition coefficient (Wildman–Crippen LogP) is 3.15. The van der Waals surface area contributed by atoms with Crippen LogP contribution in [0.15, 0.2) is 29.4 Å². The predicted molar refractivity (Wildman–Crippen MR) is 130 cm³/mol. The number of benzene rings is 1. The zero-order valence-corrected chi connectivity index (χ0v) is 20.5. The number of anilines is 1. The Hall–Kier alpha value is -2.26. The topological polar surface area (TPSA) is 81.5 Å². The van der Waals surface area contributed by atoms with Crippen LogP contribution in [0.3, 0.4) is 0 Å². The first-order chi connectivity index (χ1) is 16.1. The van der Waals surface area contributed by atoms with E-state index >= 15 is 0 Å². The maximum absolute atomic E-state index is 12.5. The van der Waals surface area contributed by atoms with Crippen molar-refractivity contribution in [3.63, 3.8) is 0 Å². The average molecular weight is 474 g/mol. The largest absolute Gasteiger partial charge is 0.497 e. The summed E-state index contributed by atoms with van der Waals surface area (Å²) in [6.45, 7) is 6.48. The molecule has 1 aromatic carbocycles. The summed E-state index contributed by atoms with van der Waals surface area (Å²) in [6.07, 6.45) is 5.49. The minimum atomic E-state index is 0.00789. The lowest BCUT2D eigenvalue weighted by atomic mass is 10.00. The van der Waals surface area contributed by atoms with Gasteiger partial charge in [0.2, 0.25) is 11.9 Å². The van der Waals surface area contributed by atoms with E-state index in [9.17, 15) is 4.79 Å². The standard InChI is InChI=1S/C24H35N5O3S/c1-18-10-13-28(14-11-18)23-26-27-24(29(23)16-21-4-3-15-32-21)33-17-22(30)25-12-9-19-5-7-20(31-2)8-6-19/h5-8,18,21H,3-4,9-17H2,1-2H3,(H,25,30). The Morgan fingerprint density at radius 3 is 2.70 bits per heavy atom. The fourth-order valence-electron chi connectivity index (χ4n) is 4.30. The van der Waals surface area contributed by atoms with Gasteiger partial charge in [-0.15, -0.1) is 10.2 Å². The molecule has 0 saturated carbocycles. The zero-order chi connectivity index (χ0) is 23.0. The first-order valence-electron chi connectivity index (χ1n) is 11.9. The van der Waals surface area contributed by atoms with Crippen LogP contribution < -0.4 is 15.0 Å². The third-order valence-corrected chi connectivity index (χ3v) is 7.37. The molecule has 0 radical (unpaired) electrons. The van der Waals surface area contributed by atoms with Crippen LogP contribution in [0.25, 0.3) is 0 Å². The average Bonchev–Trinajstić information content (AvgIpc) is 3.49. The lowest BCUT2D eigenvalue weighted by Crippen LogP contribution is -2.35. The van der Waals surface area contributed by atoms with E-state index in [1.54, 1.807) is 7.11 Å². The Kier molecular flexibility index (Phi) is 8.50. The first kappa shape index (κ1) is 23.9. The fourth-order valence-corrected chi connectivity index (χ4v) is 5.07. The van der Waals surface area contributed by atoms with Crippen molar-refractivity contribution in [2.24, 2.45) is 5.92 Å². The second-order valence-electron chi connectivity index (χ2n) is 8.93. The minimum Gasteiger partial charge on any atom is -0.497 e. The molecule has 1 aromatic heterocycles. The van der Waals surface area contributed by atoms with Crippen LogP contribution in [-0.2, 0) is 22.5 Å². The summed E-state index contributed by atoms with van der Waals surface area (Å²) in [5.41, 5.74) is 1.17. The smallest absolute Gasteiger partial charge is 0.230 e. The van der Waals surface area contributed by atoms with Gasteiger partial charge in [0.1, 0.15) is 5.75 Å². The van der Waals surface area contributed by atoms with Gasteiger partial charge in [0.25, 0.3) is 0 Å². The van der Waals surface area contributed by atoms with E-state index in [0.29, 0.717) is 12.3 Å². The van der Waals surface area contributed by atoms with Crippen LogP contribution in [0.5, 0.6) is 5.75 Å². The molecule has 1 N–H and O–H groups in total. The molecule has 1 amide bonds. The summed E-state index contributed by atoms with van der Waals surface area (Å²) in [6, 6.07) is 7.93. The van der Waals surface area contributed by atoms with Gasteiger partial charge in [-0.1, -0.05) is 30.8 Å². The summed E-state index contributed by atoms with van der Waals surface area (Å²) in [7, 11) is 1.66. The molecule has 2 aromatic rings. The van der Waals surface area contributed by atoms with Gasteiger partial charge in [0.15, 0.2) is 5.16 Å². The highest BCUT2D eigenvalue weighted by molar-refractivity contribution is 7.99. The Bertz CT molecular complexity index is 890. The number of nitrogens with zero attached hydrogens (tertiary/aromatic N) is 4. The SMILES string of the molecule is COc1ccc(CCNC(=O)CSc2nnc(N3CCC(C)CC3)n2CC2CCCO2)cc1. The number of aromatic nitrogens is 3. The summed E-state index contributed by atoms with van der Waals surface area (Å²) < 4.78 is 13.2. The molecule has 33 heavy (non-hydrogen) atoms. The van der Waals surface area contributed by atoms with Crippen LogP contribution in [-0.4, -0.2) is 65.9 Å². The molecule has 8 nitrogen and oxygen atoms in total. The lowest BCUT2D eigenvalue weighted by Gasteiger charge is -2.31. The van der Waals surface area contributed by atoms with Gasteiger partial charge in [-0.3, -0.25) is 9.36 Å². The zero-order valence-electron chi connectivity index (χ0n) is 19.7. The van der Waals surface area contributed by atoms with Gasteiger partial charge in [-0.25, -0.2) is 0 Å². The van der Waals surface area contributed by atoms with Crippen LogP contribution >= 0.6 is 11.8 Å². The van der Waals surface area contributed by atoms with Crippen LogP contribution in [0.1, 0.15) is 38.2 Å². The van der Waals surface area contributed by atoms with Crippen LogP contribution in [0.4, 0.5) is 5.95 Å². The van der Waals surface area contributed by atoms with E-state index in [-0.39, 0.29) is 12.0 Å². The molecule has 2 aliphatic heterocycles. The van der Waals surface area contributed by atoms with E-state index in [0.717, 1.165) is 68.3 Å². The van der Waals surface area contributed by atoms with Crippen molar-refractivity contribution in [1.82, 2.24) is 20.1 Å². The number of piperidine rings is 1. The summed E-state index contributed by atoms with van der Waals surface area (Å²) >= 11 is 1.45. The molecule has 0 aliphatic carbocycles. The number of amides is 1. The molecule has 2 aliphatic rings. The van der Waals surface area contributed by atoms with Crippen LogP contribution in [0, 0.1) is 5.92 Å². The number of nitrogens with one attached hydrogen (secondary N) is 1. The Morgan fingerprint density at radius 1 is 1.21 bits per heavy atom. The third kappa shape index (κ3) is 6.63. The Balaban J connectivity index is 1.31. The summed E-state index contributed by atoms with van der Waals surface area (Å²) in [4.78, 5) is 14.8. The molecule has 2 saturated heterocycles. The molecular formula is C24H35N5O3S. The highest BCUT2D eigenvalue weighted by Gasteiger charge is 2.26. The van der Waals surface area contributed by atoms with Crippen molar-refractivity contribution in [3.05, 3.63) is 29.8 Å². The van der Waals surface area contributed by atoms with E-state index in [1.165, 1.54) is 30.2 Å². The van der Waals surface area contributed by atoms with Crippen molar-refractivity contribution in [2.75, 3.05) is 44.0 Å². The number of methoxy groups -OCH3 is 1. The van der Waals surface area contributed by atoms with E-state index in [4.69, 9.17) is 9.47 Å². The maximum atomic E-state index is 12.5. The fraction of sp³-hybridized carbons (Fsp3) is 0.625. The molecule has 0 spiro atoms. The molecule has 1 atom stereocenters. The molecular weight excluding hydrogens is 438 g/mol. The Labute approximate surface area is 200 Å². The first-order valence-corrected chi connectivity index (χ1v) is 12.9. The lowest BCUT2D eigenvalue weighted by molar-refractivity contribution is -0.118. The van der Waals surface area contributed by atoms with Gasteiger partial charge in [0, 0.05) is 26.2 Å². The van der Waals surface area contributed by atoms with Crippen molar-refractivity contribution in [3.8, 4) is 5.75 Å². The Morgan fingerprint density at radius 2 is 2.00 bits per heavy atom. The number of carbonyl (C=O) groups is 1. The molecule has 9 heteroatoms. The second-order valence-corrected chi connectivity index (χ2v) is 9.88. The third-order valence-electron chi connectivity index (χ3n) is 6.40. The van der Waals surface area contributed by atoms with E-state index in [1.807, 2.05) is 24.3 Å². The van der Waals surface area contributed by atoms with Crippen molar-refractivity contribution in [1.29, 1.82) is 0 Å². The summed E-state index contributed by atoms with van der Waals surface area (Å²) in [5.74, 6) is 2.84. The van der Waals surface area contributed by atoms with Crippen molar-refractivity contribution < 1.29 is 14.3 Å². The number of carbonyl (C=O) groups excluding carboxylic acids is 1. The van der Waals surface area contributed by atoms with Gasteiger partial charge < -0.3 is 19.7 Å². The molecule has 1 unspecified atom stereocenters. The molecule has 2 fully saturated rings. The molecule has 180 valence electrons. The number of rotatable bonds is 10. The van der Waals surface area contributed by atoms with Crippen molar-refractivity contribution in [2.45, 2.75) is 56.8 Å². The number of ether oxygens (including phenoxy) is 2. The number of hydrogen-bond acceptors (Lipinski definition) is 7. The number of thioether (sulfide) groups is 1. The maximum Gasteiger partial charge on any atom is 0.230 e. The molecule has 4 rings (SSSR count). The quantitative estimate of drug-likeness (QED) is 0.531. The van der Waals surface area contributed by atoms with E-state index in [2.05, 4.69) is 31.9 Å². The second kappa shape index (κ2) is 11.7. The van der Waals surface area contributed by atoms with E-state index < -0.39 is 0 Å². The highest BCUT2D eigenvalue weighted by Crippen LogP contribution is 2.28. The summed E-state index contributed by atoms with van der Waals surface area (Å²) in [5, 5.41) is 12.8. The van der Waals surface area contributed by atoms with Gasteiger partial charge in [0.05, 0.1) is 25.5 Å². The normalized spacial score (nSPS) is 19.1. The minimum absolute atomic E-state index is 0.00789. The van der Waals surface area contributed by atoms with Gasteiger partial charge >= 0.3 is 0 Å². The molecule has 0 bridgehead atoms. The van der Waals surface area contributed by atoms with Gasteiger partial charge in [-0.2, -0.15) is 0 Å². The monoisotopic (exact) mass is 473 g/mol. The molecule has 3 heterocycles. The highest BCUT2D eigenvalue weighted by atomic mass is 32.2. The van der Waals surface area contributed by atoms with Gasteiger partial charge in [-0.05, 0) is 55.7 Å². The van der Waals surface area contributed by atoms with Crippen molar-refractivity contribution >= 4 is 23.6 Å².